The number of nitrogens with one attached hydrogen (secondary N) is 1. The second kappa shape index (κ2) is 7.79. The maximum Gasteiger partial charge on any atom is 0.183 e. The van der Waals surface area contributed by atoms with Crippen molar-refractivity contribution >= 4 is 44.3 Å². The van der Waals surface area contributed by atoms with Crippen LogP contribution in [0, 0.1) is 5.82 Å². The third-order valence-corrected chi connectivity index (χ3v) is 6.77. The number of hydrogen-bond acceptors (Lipinski definition) is 4. The number of rotatable bonds is 4. The first-order valence-electron chi connectivity index (χ1n) is 9.31. The SMILES string of the molecule is CCc1c(Br)c(-c2ncc3c(n2)N/C(=C\I)C3(C)C)nn1Cc1ccccc1F. The molecule has 1 N–H and O–H groups in total. The van der Waals surface area contributed by atoms with E-state index in [2.05, 4.69) is 69.6 Å². The normalized spacial score (nSPS) is 16.1. The van der Waals surface area contributed by atoms with Gasteiger partial charge in [0, 0.05) is 28.4 Å². The monoisotopic (exact) mass is 567 g/mol. The molecule has 8 heteroatoms. The molecule has 0 bridgehead atoms. The molecule has 4 rings (SSSR count). The first-order valence-corrected chi connectivity index (χ1v) is 11.3. The summed E-state index contributed by atoms with van der Waals surface area (Å²) in [6.07, 6.45) is 2.62. The predicted octanol–water partition coefficient (Wildman–Crippen LogP) is 5.83. The van der Waals surface area contributed by atoms with E-state index in [1.807, 2.05) is 21.0 Å². The topological polar surface area (TPSA) is 55.6 Å². The molecule has 1 aromatic carbocycles. The number of benzene rings is 1. The third kappa shape index (κ3) is 3.50. The molecule has 0 unspecified atom stereocenters. The van der Waals surface area contributed by atoms with Gasteiger partial charge in [-0.1, -0.05) is 61.6 Å². The van der Waals surface area contributed by atoms with Crippen LogP contribution in [0.5, 0.6) is 0 Å². The molecule has 2 aromatic heterocycles. The molecule has 0 radical (unpaired) electrons. The van der Waals surface area contributed by atoms with E-state index in [1.54, 1.807) is 12.1 Å². The van der Waals surface area contributed by atoms with Crippen molar-refractivity contribution in [2.24, 2.45) is 0 Å². The summed E-state index contributed by atoms with van der Waals surface area (Å²) in [5, 5.41) is 8.11. The highest BCUT2D eigenvalue weighted by Gasteiger charge is 2.36. The van der Waals surface area contributed by atoms with Crippen LogP contribution in [-0.4, -0.2) is 19.7 Å². The van der Waals surface area contributed by atoms with Crippen LogP contribution in [0.2, 0.25) is 0 Å². The van der Waals surface area contributed by atoms with E-state index in [1.165, 1.54) is 6.07 Å². The predicted molar refractivity (Wildman–Crippen MR) is 125 cm³/mol. The second-order valence-corrected chi connectivity index (χ2v) is 8.86. The summed E-state index contributed by atoms with van der Waals surface area (Å²) in [5.74, 6) is 1.10. The van der Waals surface area contributed by atoms with Crippen LogP contribution >= 0.6 is 38.5 Å². The molecule has 5 nitrogen and oxygen atoms in total. The van der Waals surface area contributed by atoms with Gasteiger partial charge >= 0.3 is 0 Å². The van der Waals surface area contributed by atoms with E-state index in [-0.39, 0.29) is 11.2 Å². The lowest BCUT2D eigenvalue weighted by molar-refractivity contribution is 0.576. The lowest BCUT2D eigenvalue weighted by Crippen LogP contribution is -2.16. The van der Waals surface area contributed by atoms with Gasteiger partial charge < -0.3 is 5.32 Å². The molecule has 29 heavy (non-hydrogen) atoms. The summed E-state index contributed by atoms with van der Waals surface area (Å²) in [6.45, 7) is 6.70. The average Bonchev–Trinajstić information content (AvgIpc) is 3.15. The van der Waals surface area contributed by atoms with E-state index in [0.717, 1.165) is 33.7 Å². The minimum atomic E-state index is -0.235. The Morgan fingerprint density at radius 2 is 2.07 bits per heavy atom. The number of fused-ring (bicyclic) bond motifs is 1. The highest BCUT2D eigenvalue weighted by atomic mass is 127. The largest absolute Gasteiger partial charge is 0.342 e. The van der Waals surface area contributed by atoms with Gasteiger partial charge in [-0.05, 0) is 32.5 Å². The summed E-state index contributed by atoms with van der Waals surface area (Å²) in [6, 6.07) is 6.77. The van der Waals surface area contributed by atoms with Crippen LogP contribution in [0.3, 0.4) is 0 Å². The zero-order valence-corrected chi connectivity index (χ0v) is 20.0. The molecule has 3 aromatic rings. The molecule has 0 saturated carbocycles. The number of hydrogen-bond donors (Lipinski definition) is 1. The maximum atomic E-state index is 14.1. The van der Waals surface area contributed by atoms with Crippen LogP contribution in [0.4, 0.5) is 10.2 Å². The van der Waals surface area contributed by atoms with Crippen molar-refractivity contribution in [1.29, 1.82) is 0 Å². The number of aromatic nitrogens is 4. The Balaban J connectivity index is 1.76. The third-order valence-electron chi connectivity index (χ3n) is 5.32. The van der Waals surface area contributed by atoms with Crippen molar-refractivity contribution in [2.75, 3.05) is 5.32 Å². The molecule has 0 fully saturated rings. The zero-order chi connectivity index (χ0) is 20.8. The van der Waals surface area contributed by atoms with Gasteiger partial charge in [0.05, 0.1) is 16.7 Å². The molecular weight excluding hydrogens is 548 g/mol. The van der Waals surface area contributed by atoms with Crippen molar-refractivity contribution in [2.45, 2.75) is 39.2 Å². The van der Waals surface area contributed by atoms with Crippen molar-refractivity contribution < 1.29 is 4.39 Å². The van der Waals surface area contributed by atoms with E-state index in [4.69, 9.17) is 10.1 Å². The Labute approximate surface area is 191 Å². The smallest absolute Gasteiger partial charge is 0.183 e. The van der Waals surface area contributed by atoms with Gasteiger partial charge in [0.25, 0.3) is 0 Å². The van der Waals surface area contributed by atoms with Crippen LogP contribution in [-0.2, 0) is 18.4 Å². The molecule has 0 amide bonds. The molecule has 1 aliphatic heterocycles. The van der Waals surface area contributed by atoms with Gasteiger partial charge in [-0.3, -0.25) is 4.68 Å². The molecule has 0 spiro atoms. The number of halogens is 3. The summed E-state index contributed by atoms with van der Waals surface area (Å²) >= 11 is 5.91. The highest BCUT2D eigenvalue weighted by Crippen LogP contribution is 2.43. The van der Waals surface area contributed by atoms with E-state index >= 15 is 0 Å². The quantitative estimate of drug-likeness (QED) is 0.403. The van der Waals surface area contributed by atoms with Gasteiger partial charge in [-0.2, -0.15) is 5.10 Å². The van der Waals surface area contributed by atoms with Crippen LogP contribution < -0.4 is 5.32 Å². The highest BCUT2D eigenvalue weighted by molar-refractivity contribution is 14.1. The second-order valence-electron chi connectivity index (χ2n) is 7.44. The van der Waals surface area contributed by atoms with Gasteiger partial charge in [0.15, 0.2) is 5.82 Å². The fourth-order valence-electron chi connectivity index (χ4n) is 3.52. The lowest BCUT2D eigenvalue weighted by atomic mass is 9.86. The maximum absolute atomic E-state index is 14.1. The van der Waals surface area contributed by atoms with Gasteiger partial charge in [0.2, 0.25) is 0 Å². The number of allylic oxidation sites excluding steroid dienone is 1. The standard InChI is InChI=1S/C21H20BrFIN5/c1-4-15-17(22)18(28-29(15)11-12-7-5-6-8-14(12)23)20-25-10-13-19(27-20)26-16(9-24)21(13,2)3/h5-10H,4,11H2,1-3H3,(H,25,26,27)/b16-9-. The molecule has 0 saturated heterocycles. The Bertz CT molecular complexity index is 1120. The van der Waals surface area contributed by atoms with Crippen molar-refractivity contribution in [1.82, 2.24) is 19.7 Å². The van der Waals surface area contributed by atoms with Gasteiger partial charge in [-0.25, -0.2) is 14.4 Å². The fraction of sp³-hybridized carbons (Fsp3) is 0.286. The molecule has 150 valence electrons. The van der Waals surface area contributed by atoms with Crippen LogP contribution in [0.15, 0.2) is 44.7 Å². The number of anilines is 1. The van der Waals surface area contributed by atoms with E-state index in [9.17, 15) is 4.39 Å². The number of nitrogens with zero attached hydrogens (tertiary/aromatic N) is 4. The first-order chi connectivity index (χ1) is 13.9. The summed E-state index contributed by atoms with van der Waals surface area (Å²) in [7, 11) is 0. The first kappa shape index (κ1) is 20.5. The average molecular weight is 568 g/mol. The fourth-order valence-corrected chi connectivity index (χ4v) is 5.19. The van der Waals surface area contributed by atoms with E-state index in [0.29, 0.717) is 23.6 Å². The van der Waals surface area contributed by atoms with Gasteiger partial charge in [-0.15, -0.1) is 0 Å². The molecule has 1 aliphatic rings. The molecule has 0 aliphatic carbocycles. The summed E-state index contributed by atoms with van der Waals surface area (Å²) in [5.41, 5.74) is 4.23. The van der Waals surface area contributed by atoms with Crippen LogP contribution in [0.25, 0.3) is 11.5 Å². The van der Waals surface area contributed by atoms with Crippen molar-refractivity contribution in [3.63, 3.8) is 0 Å². The molecular formula is C21H20BrFIN5. The van der Waals surface area contributed by atoms with E-state index < -0.39 is 0 Å². The zero-order valence-electron chi connectivity index (χ0n) is 16.3. The van der Waals surface area contributed by atoms with Crippen LogP contribution in [0.1, 0.15) is 37.6 Å². The van der Waals surface area contributed by atoms with Crippen molar-refractivity contribution in [3.05, 3.63) is 67.4 Å². The minimum Gasteiger partial charge on any atom is -0.342 e. The summed E-state index contributed by atoms with van der Waals surface area (Å²) in [4.78, 5) is 9.34. The minimum absolute atomic E-state index is 0.162. The molecule has 3 heterocycles. The van der Waals surface area contributed by atoms with Crippen molar-refractivity contribution in [3.8, 4) is 11.5 Å². The summed E-state index contributed by atoms with van der Waals surface area (Å²) < 4.78 is 18.8. The Morgan fingerprint density at radius 3 is 2.76 bits per heavy atom. The Kier molecular flexibility index (Phi) is 5.50. The Morgan fingerprint density at radius 1 is 1.31 bits per heavy atom. The molecule has 0 atom stereocenters. The Hall–Kier alpha value is -1.81. The lowest BCUT2D eigenvalue weighted by Gasteiger charge is -2.18. The van der Waals surface area contributed by atoms with Gasteiger partial charge in [0.1, 0.15) is 17.3 Å².